The summed E-state index contributed by atoms with van der Waals surface area (Å²) in [6, 6.07) is 0.518. The van der Waals surface area contributed by atoms with Gasteiger partial charge in [-0.1, -0.05) is 0 Å². The van der Waals surface area contributed by atoms with Gasteiger partial charge >= 0.3 is 0 Å². The van der Waals surface area contributed by atoms with Crippen LogP contribution >= 0.6 is 0 Å². The summed E-state index contributed by atoms with van der Waals surface area (Å²) in [7, 11) is -1.87. The van der Waals surface area contributed by atoms with Crippen molar-refractivity contribution in [1.82, 2.24) is 14.9 Å². The van der Waals surface area contributed by atoms with Gasteiger partial charge in [-0.2, -0.15) is 0 Å². The van der Waals surface area contributed by atoms with Crippen LogP contribution in [-0.4, -0.2) is 69.3 Å². The molecule has 0 aromatic heterocycles. The van der Waals surface area contributed by atoms with Crippen molar-refractivity contribution in [2.45, 2.75) is 32.7 Å². The third-order valence-electron chi connectivity index (χ3n) is 3.61. The minimum Gasteiger partial charge on any atom is -0.483 e. The summed E-state index contributed by atoms with van der Waals surface area (Å²) in [6.45, 7) is 6.10. The number of likely N-dealkylation sites (tertiary alicyclic amines) is 1. The predicted molar refractivity (Wildman–Crippen MR) is 84.0 cm³/mol. The largest absolute Gasteiger partial charge is 0.483 e. The Bertz CT molecular complexity index is 431. The monoisotopic (exact) mass is 337 g/mol. The molecule has 0 atom stereocenters. The van der Waals surface area contributed by atoms with E-state index in [-0.39, 0.29) is 30.6 Å². The van der Waals surface area contributed by atoms with E-state index in [0.29, 0.717) is 6.04 Å². The quantitative estimate of drug-likeness (QED) is 0.561. The summed E-state index contributed by atoms with van der Waals surface area (Å²) in [5.41, 5.74) is 0. The molecule has 1 rings (SSSR count). The molecule has 0 aromatic carbocycles. The summed E-state index contributed by atoms with van der Waals surface area (Å²) in [4.78, 5) is 22.6. The second-order valence-corrected chi connectivity index (χ2v) is 7.37. The lowest BCUT2D eigenvalue weighted by atomic mass is 9.95. The van der Waals surface area contributed by atoms with Gasteiger partial charge in [0.15, 0.2) is 0 Å². The molecule has 1 amide bonds. The van der Waals surface area contributed by atoms with Crippen LogP contribution in [0, 0.1) is 5.92 Å². The van der Waals surface area contributed by atoms with E-state index in [1.165, 1.54) is 7.05 Å². The number of hydrogen-bond donors (Lipinski definition) is 3. The molecule has 1 aliphatic rings. The van der Waals surface area contributed by atoms with E-state index in [1.54, 1.807) is 0 Å². The zero-order valence-electron chi connectivity index (χ0n) is 13.4. The standard InChI is InChI=1S/C12H25N3O3S.CH2O2/c1-10(2)15-7-4-11(5-8-15)12(16)14-6-9-19(17,18)13-3;2-1-3/h10-11,13H,4-9H2,1-3H3,(H,14,16);1H,(H,2,3). The van der Waals surface area contributed by atoms with E-state index in [2.05, 4.69) is 28.8 Å². The fraction of sp³-hybridized carbons (Fsp3) is 0.846. The first kappa shape index (κ1) is 20.8. The maximum absolute atomic E-state index is 11.9. The number of nitrogens with one attached hydrogen (secondary N) is 2. The average Bonchev–Trinajstić information content (AvgIpc) is 2.48. The zero-order valence-corrected chi connectivity index (χ0v) is 14.2. The lowest BCUT2D eigenvalue weighted by molar-refractivity contribution is -0.126. The van der Waals surface area contributed by atoms with Crippen molar-refractivity contribution in [3.63, 3.8) is 0 Å². The SMILES string of the molecule is CNS(=O)(=O)CCNC(=O)C1CCN(C(C)C)CC1.O=CO. The number of carbonyl (C=O) groups is 2. The molecule has 0 radical (unpaired) electrons. The van der Waals surface area contributed by atoms with Crippen molar-refractivity contribution in [2.75, 3.05) is 32.4 Å². The van der Waals surface area contributed by atoms with E-state index < -0.39 is 10.0 Å². The Labute approximate surface area is 132 Å². The summed E-state index contributed by atoms with van der Waals surface area (Å²) < 4.78 is 24.6. The normalized spacial score (nSPS) is 16.7. The van der Waals surface area contributed by atoms with Crippen LogP contribution in [0.25, 0.3) is 0 Å². The van der Waals surface area contributed by atoms with Crippen LogP contribution < -0.4 is 10.0 Å². The Morgan fingerprint density at radius 1 is 1.36 bits per heavy atom. The highest BCUT2D eigenvalue weighted by atomic mass is 32.2. The van der Waals surface area contributed by atoms with E-state index >= 15 is 0 Å². The Morgan fingerprint density at radius 2 is 1.86 bits per heavy atom. The molecule has 0 aliphatic carbocycles. The van der Waals surface area contributed by atoms with Crippen LogP contribution in [-0.2, 0) is 19.6 Å². The van der Waals surface area contributed by atoms with Gasteiger partial charge in [-0.3, -0.25) is 9.59 Å². The maximum Gasteiger partial charge on any atom is 0.290 e. The molecule has 1 saturated heterocycles. The van der Waals surface area contributed by atoms with Gasteiger partial charge in [-0.15, -0.1) is 0 Å². The maximum atomic E-state index is 11.9. The highest BCUT2D eigenvalue weighted by Gasteiger charge is 2.25. The molecule has 1 fully saturated rings. The van der Waals surface area contributed by atoms with Crippen LogP contribution in [0.5, 0.6) is 0 Å². The van der Waals surface area contributed by atoms with Crippen molar-refractivity contribution >= 4 is 22.4 Å². The van der Waals surface area contributed by atoms with E-state index in [4.69, 9.17) is 9.90 Å². The Morgan fingerprint density at radius 3 is 2.27 bits per heavy atom. The average molecular weight is 337 g/mol. The second-order valence-electron chi connectivity index (χ2n) is 5.32. The number of piperidine rings is 1. The fourth-order valence-corrected chi connectivity index (χ4v) is 2.81. The van der Waals surface area contributed by atoms with Crippen LogP contribution in [0.4, 0.5) is 0 Å². The first-order valence-corrected chi connectivity index (χ1v) is 8.93. The number of hydrogen-bond acceptors (Lipinski definition) is 5. The molecule has 1 heterocycles. The number of sulfonamides is 1. The lowest BCUT2D eigenvalue weighted by Crippen LogP contribution is -2.44. The van der Waals surface area contributed by atoms with Gasteiger partial charge in [-0.25, -0.2) is 13.1 Å². The molecule has 22 heavy (non-hydrogen) atoms. The van der Waals surface area contributed by atoms with Crippen molar-refractivity contribution in [3.8, 4) is 0 Å². The van der Waals surface area contributed by atoms with Gasteiger partial charge in [0, 0.05) is 18.5 Å². The van der Waals surface area contributed by atoms with Crippen molar-refractivity contribution in [2.24, 2.45) is 5.92 Å². The van der Waals surface area contributed by atoms with Crippen molar-refractivity contribution in [3.05, 3.63) is 0 Å². The molecule has 130 valence electrons. The summed E-state index contributed by atoms with van der Waals surface area (Å²) in [5.74, 6) is -0.0675. The zero-order chi connectivity index (χ0) is 17.2. The third-order valence-corrected chi connectivity index (χ3v) is 4.98. The molecule has 0 unspecified atom stereocenters. The minimum absolute atomic E-state index is 0.0188. The van der Waals surface area contributed by atoms with E-state index in [9.17, 15) is 13.2 Å². The number of rotatable bonds is 6. The first-order chi connectivity index (χ1) is 10.3. The highest BCUT2D eigenvalue weighted by molar-refractivity contribution is 7.89. The molecule has 8 nitrogen and oxygen atoms in total. The van der Waals surface area contributed by atoms with Gasteiger partial charge in [-0.05, 0) is 46.8 Å². The van der Waals surface area contributed by atoms with Crippen LogP contribution in [0.3, 0.4) is 0 Å². The van der Waals surface area contributed by atoms with Crippen LogP contribution in [0.1, 0.15) is 26.7 Å². The molecule has 0 spiro atoms. The first-order valence-electron chi connectivity index (χ1n) is 7.28. The van der Waals surface area contributed by atoms with Gasteiger partial charge in [0.2, 0.25) is 15.9 Å². The summed E-state index contributed by atoms with van der Waals surface area (Å²) in [5, 5.41) is 9.60. The Hall–Kier alpha value is -1.19. The number of nitrogens with zero attached hydrogens (tertiary/aromatic N) is 1. The van der Waals surface area contributed by atoms with Gasteiger partial charge in [0.25, 0.3) is 6.47 Å². The topological polar surface area (TPSA) is 116 Å². The summed E-state index contributed by atoms with van der Waals surface area (Å²) >= 11 is 0. The van der Waals surface area contributed by atoms with Crippen molar-refractivity contribution in [1.29, 1.82) is 0 Å². The smallest absolute Gasteiger partial charge is 0.290 e. The fourth-order valence-electron chi connectivity index (χ4n) is 2.23. The Balaban J connectivity index is 0.00000135. The molecule has 0 bridgehead atoms. The number of carbonyl (C=O) groups excluding carboxylic acids is 1. The molecule has 3 N–H and O–H groups in total. The van der Waals surface area contributed by atoms with Crippen LogP contribution in [0.2, 0.25) is 0 Å². The van der Waals surface area contributed by atoms with Gasteiger partial charge < -0.3 is 15.3 Å². The molecule has 1 aliphatic heterocycles. The molecule has 0 saturated carbocycles. The highest BCUT2D eigenvalue weighted by Crippen LogP contribution is 2.18. The third kappa shape index (κ3) is 8.30. The van der Waals surface area contributed by atoms with Gasteiger partial charge in [0.1, 0.15) is 0 Å². The number of carboxylic acid groups (broad SMARTS) is 1. The predicted octanol–water partition coefficient (Wildman–Crippen LogP) is -0.527. The van der Waals surface area contributed by atoms with Crippen molar-refractivity contribution < 1.29 is 23.1 Å². The van der Waals surface area contributed by atoms with Gasteiger partial charge in [0.05, 0.1) is 5.75 Å². The minimum atomic E-state index is -3.24. The number of amides is 1. The second kappa shape index (κ2) is 10.5. The molecular weight excluding hydrogens is 310 g/mol. The van der Waals surface area contributed by atoms with E-state index in [0.717, 1.165) is 25.9 Å². The van der Waals surface area contributed by atoms with Crippen LogP contribution in [0.15, 0.2) is 0 Å². The summed E-state index contributed by atoms with van der Waals surface area (Å²) in [6.07, 6.45) is 1.70. The van der Waals surface area contributed by atoms with E-state index in [1.807, 2.05) is 0 Å². The molecule has 0 aromatic rings. The Kier molecular flexibility index (Phi) is 9.95. The molecular formula is C13H27N3O5S. The molecule has 9 heteroatoms. The lowest BCUT2D eigenvalue weighted by Gasteiger charge is -2.33.